The molecule has 1 atom stereocenters. The normalized spacial score (nSPS) is 16.7. The van der Waals surface area contributed by atoms with Crippen molar-refractivity contribution in [3.63, 3.8) is 0 Å². The Morgan fingerprint density at radius 3 is 2.57 bits per heavy atom. The van der Waals surface area contributed by atoms with E-state index in [1.54, 1.807) is 4.90 Å². The zero-order chi connectivity index (χ0) is 29.8. The van der Waals surface area contributed by atoms with Crippen LogP contribution in [0.2, 0.25) is 0 Å². The molecule has 1 aromatic rings. The standard InChI is InChI=1S/C30H45N5O7/c1-38-29(36)22-25-20-24-8-9-28(42-13-5-3-7-27-6-2-4-10-32-27)21-26(24)23-35(30(25)37)12-15-40-17-19-41-18-16-39-14-11-33-34-31/h8-9,21,25H,2-7,10-20,22-23H2,1H3/t25-/m0/s1. The number of esters is 1. The quantitative estimate of drug-likeness (QED) is 0.0728. The minimum Gasteiger partial charge on any atom is -0.494 e. The summed E-state index contributed by atoms with van der Waals surface area (Å²) in [5.74, 6) is -0.179. The molecule has 0 fully saturated rings. The molecule has 0 saturated carbocycles. The van der Waals surface area contributed by atoms with Gasteiger partial charge in [-0.05, 0) is 73.7 Å². The fraction of sp³-hybridized carbons (Fsp3) is 0.700. The molecule has 0 radical (unpaired) electrons. The molecule has 0 spiro atoms. The highest BCUT2D eigenvalue weighted by Gasteiger charge is 2.31. The highest BCUT2D eigenvalue weighted by atomic mass is 16.5. The Hall–Kier alpha value is -3.18. The van der Waals surface area contributed by atoms with E-state index in [1.165, 1.54) is 25.7 Å². The van der Waals surface area contributed by atoms with Gasteiger partial charge in [-0.15, -0.1) is 0 Å². The third-order valence-electron chi connectivity index (χ3n) is 7.29. The Bertz CT molecular complexity index is 1060. The number of carbonyl (C=O) groups excluding carboxylic acids is 2. The summed E-state index contributed by atoms with van der Waals surface area (Å²) < 4.78 is 27.4. The minimum absolute atomic E-state index is 0.0362. The van der Waals surface area contributed by atoms with Crippen molar-refractivity contribution in [1.82, 2.24) is 4.90 Å². The molecule has 12 heteroatoms. The van der Waals surface area contributed by atoms with Gasteiger partial charge in [0.1, 0.15) is 5.75 Å². The van der Waals surface area contributed by atoms with Crippen molar-refractivity contribution < 1.29 is 33.3 Å². The number of aliphatic imine (C=N–C) groups is 1. The average Bonchev–Trinajstić information content (AvgIpc) is 3.13. The van der Waals surface area contributed by atoms with Crippen molar-refractivity contribution >= 4 is 17.6 Å². The van der Waals surface area contributed by atoms with Gasteiger partial charge in [0.05, 0.1) is 65.7 Å². The number of amides is 1. The lowest BCUT2D eigenvalue weighted by Gasteiger charge is -2.24. The molecular formula is C30H45N5O7. The first-order chi connectivity index (χ1) is 20.6. The lowest BCUT2D eigenvalue weighted by molar-refractivity contribution is -0.147. The number of hydrogen-bond donors (Lipinski definition) is 0. The van der Waals surface area contributed by atoms with Crippen LogP contribution in [0.15, 0.2) is 28.3 Å². The molecule has 232 valence electrons. The molecule has 1 aromatic carbocycles. The summed E-state index contributed by atoms with van der Waals surface area (Å²) in [6, 6.07) is 5.98. The van der Waals surface area contributed by atoms with E-state index in [0.717, 1.165) is 49.1 Å². The Balaban J connectivity index is 1.45. The van der Waals surface area contributed by atoms with Gasteiger partial charge < -0.3 is 28.6 Å². The predicted octanol–water partition coefficient (Wildman–Crippen LogP) is 4.28. The van der Waals surface area contributed by atoms with Crippen LogP contribution in [0.25, 0.3) is 10.4 Å². The third-order valence-corrected chi connectivity index (χ3v) is 7.29. The maximum Gasteiger partial charge on any atom is 0.306 e. The second-order valence-electron chi connectivity index (χ2n) is 10.4. The van der Waals surface area contributed by atoms with Crippen molar-refractivity contribution in [1.29, 1.82) is 0 Å². The number of rotatable bonds is 20. The number of benzene rings is 1. The van der Waals surface area contributed by atoms with Crippen LogP contribution < -0.4 is 4.74 Å². The third kappa shape index (κ3) is 12.4. The van der Waals surface area contributed by atoms with Gasteiger partial charge in [0.25, 0.3) is 0 Å². The topological polar surface area (TPSA) is 145 Å². The number of ether oxygens (including phenoxy) is 5. The van der Waals surface area contributed by atoms with Gasteiger partial charge in [-0.2, -0.15) is 0 Å². The molecule has 0 aliphatic carbocycles. The van der Waals surface area contributed by atoms with Crippen LogP contribution in [0, 0.1) is 5.92 Å². The van der Waals surface area contributed by atoms with E-state index in [2.05, 4.69) is 15.0 Å². The number of methoxy groups -OCH3 is 1. The average molecular weight is 588 g/mol. The number of unbranched alkanes of at least 4 members (excludes halogenated alkanes) is 1. The second-order valence-corrected chi connectivity index (χ2v) is 10.4. The van der Waals surface area contributed by atoms with E-state index in [1.807, 2.05) is 18.2 Å². The van der Waals surface area contributed by atoms with Gasteiger partial charge in [-0.25, -0.2) is 0 Å². The monoisotopic (exact) mass is 587 g/mol. The highest BCUT2D eigenvalue weighted by Crippen LogP contribution is 2.28. The number of hydrogen-bond acceptors (Lipinski definition) is 9. The molecule has 3 rings (SSSR count). The smallest absolute Gasteiger partial charge is 0.306 e. The summed E-state index contributed by atoms with van der Waals surface area (Å²) in [5, 5.41) is 3.39. The molecule has 0 unspecified atom stereocenters. The van der Waals surface area contributed by atoms with Crippen LogP contribution in [0.1, 0.15) is 56.1 Å². The van der Waals surface area contributed by atoms with Crippen molar-refractivity contribution in [2.75, 3.05) is 73.0 Å². The van der Waals surface area contributed by atoms with Crippen LogP contribution in [0.5, 0.6) is 5.75 Å². The Kier molecular flexibility index (Phi) is 15.8. The van der Waals surface area contributed by atoms with E-state index < -0.39 is 11.9 Å². The van der Waals surface area contributed by atoms with Crippen molar-refractivity contribution in [2.24, 2.45) is 16.0 Å². The Morgan fingerprint density at radius 1 is 1.05 bits per heavy atom. The molecule has 0 N–H and O–H groups in total. The van der Waals surface area contributed by atoms with E-state index in [-0.39, 0.29) is 12.3 Å². The number of nitrogens with zero attached hydrogens (tertiary/aromatic N) is 5. The molecule has 12 nitrogen and oxygen atoms in total. The second kappa shape index (κ2) is 19.9. The van der Waals surface area contributed by atoms with Crippen molar-refractivity contribution in [2.45, 2.75) is 57.9 Å². The first-order valence-electron chi connectivity index (χ1n) is 15.0. The van der Waals surface area contributed by atoms with Crippen LogP contribution in [0.4, 0.5) is 0 Å². The summed E-state index contributed by atoms with van der Waals surface area (Å²) in [5.41, 5.74) is 11.6. The Morgan fingerprint density at radius 2 is 1.83 bits per heavy atom. The number of fused-ring (bicyclic) bond motifs is 1. The fourth-order valence-corrected chi connectivity index (χ4v) is 5.02. The molecule has 2 aliphatic rings. The Labute approximate surface area is 248 Å². The predicted molar refractivity (Wildman–Crippen MR) is 158 cm³/mol. The molecule has 2 aliphatic heterocycles. The van der Waals surface area contributed by atoms with Crippen LogP contribution in [-0.4, -0.2) is 95.5 Å². The largest absolute Gasteiger partial charge is 0.494 e. The van der Waals surface area contributed by atoms with Crippen molar-refractivity contribution in [3.8, 4) is 5.75 Å². The summed E-state index contributed by atoms with van der Waals surface area (Å²) in [4.78, 5) is 34.5. The lowest BCUT2D eigenvalue weighted by Crippen LogP contribution is -2.38. The van der Waals surface area contributed by atoms with Gasteiger partial charge >= 0.3 is 5.97 Å². The summed E-state index contributed by atoms with van der Waals surface area (Å²) in [7, 11) is 1.34. The maximum absolute atomic E-state index is 13.4. The van der Waals surface area contributed by atoms with E-state index in [4.69, 9.17) is 29.2 Å². The first-order valence-corrected chi connectivity index (χ1v) is 15.0. The molecule has 0 bridgehead atoms. The zero-order valence-electron chi connectivity index (χ0n) is 24.8. The summed E-state index contributed by atoms with van der Waals surface area (Å²) >= 11 is 0. The molecule has 2 heterocycles. The summed E-state index contributed by atoms with van der Waals surface area (Å²) in [6.45, 7) is 5.04. The lowest BCUT2D eigenvalue weighted by atomic mass is 9.94. The van der Waals surface area contributed by atoms with E-state index in [0.29, 0.717) is 72.3 Å². The highest BCUT2D eigenvalue weighted by molar-refractivity contribution is 5.85. The summed E-state index contributed by atoms with van der Waals surface area (Å²) in [6.07, 6.45) is 7.19. The molecule has 1 amide bonds. The van der Waals surface area contributed by atoms with Gasteiger partial charge in [-0.1, -0.05) is 11.2 Å². The minimum atomic E-state index is -0.490. The maximum atomic E-state index is 13.4. The fourth-order valence-electron chi connectivity index (χ4n) is 5.02. The van der Waals surface area contributed by atoms with Gasteiger partial charge in [0, 0.05) is 36.8 Å². The molecule has 42 heavy (non-hydrogen) atoms. The molecule has 0 saturated heterocycles. The molecule has 0 aromatic heterocycles. The number of carbonyl (C=O) groups is 2. The van der Waals surface area contributed by atoms with Gasteiger partial charge in [-0.3, -0.25) is 14.6 Å². The van der Waals surface area contributed by atoms with Gasteiger partial charge in [0.2, 0.25) is 5.91 Å². The van der Waals surface area contributed by atoms with Crippen molar-refractivity contribution in [3.05, 3.63) is 39.8 Å². The van der Waals surface area contributed by atoms with E-state index >= 15 is 0 Å². The zero-order valence-corrected chi connectivity index (χ0v) is 24.8. The van der Waals surface area contributed by atoms with Gasteiger partial charge in [0.15, 0.2) is 0 Å². The van der Waals surface area contributed by atoms with Crippen LogP contribution in [-0.2, 0) is 41.5 Å². The van der Waals surface area contributed by atoms with Crippen LogP contribution >= 0.6 is 0 Å². The first kappa shape index (κ1) is 33.3. The molecular weight excluding hydrogens is 542 g/mol. The van der Waals surface area contributed by atoms with Crippen LogP contribution in [0.3, 0.4) is 0 Å². The number of azide groups is 1. The SMILES string of the molecule is COC(=O)C[C@@H]1Cc2ccc(OCCCCC3=NCCCC3)cc2CN(CCOCCOCCOCCN=[N+]=[N-])C1=O. The van der Waals surface area contributed by atoms with E-state index in [9.17, 15) is 9.59 Å².